The van der Waals surface area contributed by atoms with Gasteiger partial charge in [-0.25, -0.2) is 4.79 Å². The summed E-state index contributed by atoms with van der Waals surface area (Å²) in [5.74, 6) is -0.876. The number of halogens is 6. The van der Waals surface area contributed by atoms with Crippen LogP contribution in [-0.4, -0.2) is 17.6 Å². The highest BCUT2D eigenvalue weighted by Crippen LogP contribution is 2.38. The lowest BCUT2D eigenvalue weighted by Crippen LogP contribution is -2.12. The van der Waals surface area contributed by atoms with Gasteiger partial charge in [-0.2, -0.15) is 26.3 Å². The molecule has 0 amide bonds. The summed E-state index contributed by atoms with van der Waals surface area (Å²) in [6.07, 6.45) is -8.43. The maximum Gasteiger partial charge on any atom is 0.418 e. The Morgan fingerprint density at radius 3 is 2.37 bits per heavy atom. The number of hydrogen-bond acceptors (Lipinski definition) is 4. The number of nitrogens with zero attached hydrogens (tertiary/aromatic N) is 1. The molecule has 0 radical (unpaired) electrons. The Morgan fingerprint density at radius 1 is 1.03 bits per heavy atom. The Balaban J connectivity index is 2.22. The molecule has 0 fully saturated rings. The second kappa shape index (κ2) is 7.85. The predicted octanol–water partition coefficient (Wildman–Crippen LogP) is 6.19. The zero-order chi connectivity index (χ0) is 22.1. The highest BCUT2D eigenvalue weighted by atomic mass is 19.4. The minimum Gasteiger partial charge on any atom is -0.462 e. The van der Waals surface area contributed by atoms with E-state index in [1.54, 1.807) is 0 Å². The number of aromatic nitrogens is 1. The smallest absolute Gasteiger partial charge is 0.418 e. The third-order valence-corrected chi connectivity index (χ3v) is 4.16. The molecule has 1 aromatic heterocycles. The van der Waals surface area contributed by atoms with Crippen LogP contribution in [0.1, 0.15) is 28.4 Å². The van der Waals surface area contributed by atoms with Gasteiger partial charge in [0, 0.05) is 17.3 Å². The molecule has 0 aliphatic heterocycles. The zero-order valence-corrected chi connectivity index (χ0v) is 15.4. The van der Waals surface area contributed by atoms with Crippen LogP contribution in [0, 0.1) is 0 Å². The molecule has 2 aromatic carbocycles. The standard InChI is InChI=1S/C20H14F6N2O2/c1-2-30-18(29)14-10-27-17-13(7-4-8-15(17)20(24,25)26)16(14)28-12-6-3-5-11(9-12)19(21,22)23/h3-10H,2H2,1H3,(H,27,28). The molecule has 0 saturated carbocycles. The van der Waals surface area contributed by atoms with Gasteiger partial charge < -0.3 is 10.1 Å². The molecule has 0 spiro atoms. The van der Waals surface area contributed by atoms with Gasteiger partial charge in [0.1, 0.15) is 5.56 Å². The number of fused-ring (bicyclic) bond motifs is 1. The highest BCUT2D eigenvalue weighted by Gasteiger charge is 2.34. The average molecular weight is 428 g/mol. The molecular weight excluding hydrogens is 414 g/mol. The summed E-state index contributed by atoms with van der Waals surface area (Å²) in [5.41, 5.74) is -2.86. The summed E-state index contributed by atoms with van der Waals surface area (Å²) in [5, 5.41) is 2.55. The van der Waals surface area contributed by atoms with E-state index in [4.69, 9.17) is 4.74 Å². The van der Waals surface area contributed by atoms with E-state index in [0.29, 0.717) is 0 Å². The first-order valence-corrected chi connectivity index (χ1v) is 8.62. The molecule has 0 bridgehead atoms. The van der Waals surface area contributed by atoms with Gasteiger partial charge >= 0.3 is 18.3 Å². The second-order valence-corrected chi connectivity index (χ2v) is 6.17. The van der Waals surface area contributed by atoms with Crippen LogP contribution in [0.3, 0.4) is 0 Å². The number of pyridine rings is 1. The van der Waals surface area contributed by atoms with Gasteiger partial charge in [0.15, 0.2) is 0 Å². The van der Waals surface area contributed by atoms with Crippen molar-refractivity contribution in [3.05, 3.63) is 65.4 Å². The summed E-state index contributed by atoms with van der Waals surface area (Å²) in [4.78, 5) is 16.1. The number of nitrogens with one attached hydrogen (secondary N) is 1. The minimum absolute atomic E-state index is 0.0114. The van der Waals surface area contributed by atoms with Crippen molar-refractivity contribution < 1.29 is 35.9 Å². The van der Waals surface area contributed by atoms with E-state index in [1.807, 2.05) is 0 Å². The van der Waals surface area contributed by atoms with Crippen molar-refractivity contribution in [3.8, 4) is 0 Å². The molecule has 1 heterocycles. The minimum atomic E-state index is -4.72. The van der Waals surface area contributed by atoms with E-state index in [2.05, 4.69) is 10.3 Å². The molecular formula is C20H14F6N2O2. The van der Waals surface area contributed by atoms with Crippen molar-refractivity contribution in [1.29, 1.82) is 0 Å². The van der Waals surface area contributed by atoms with E-state index in [1.165, 1.54) is 19.1 Å². The van der Waals surface area contributed by atoms with Crippen LogP contribution in [0.2, 0.25) is 0 Å². The number of ether oxygens (including phenoxy) is 1. The lowest BCUT2D eigenvalue weighted by molar-refractivity contribution is -0.138. The fraction of sp³-hybridized carbons (Fsp3) is 0.200. The molecule has 0 saturated heterocycles. The SMILES string of the molecule is CCOC(=O)c1cnc2c(C(F)(F)F)cccc2c1Nc1cccc(C(F)(F)F)c1. The topological polar surface area (TPSA) is 51.2 Å². The van der Waals surface area contributed by atoms with Gasteiger partial charge in [-0.3, -0.25) is 4.98 Å². The lowest BCUT2D eigenvalue weighted by atomic mass is 10.0. The Labute approximate surface area is 166 Å². The molecule has 3 aromatic rings. The molecule has 0 unspecified atom stereocenters. The van der Waals surface area contributed by atoms with Gasteiger partial charge in [-0.15, -0.1) is 0 Å². The summed E-state index contributed by atoms with van der Waals surface area (Å²) < 4.78 is 84.0. The first-order valence-electron chi connectivity index (χ1n) is 8.62. The molecule has 1 N–H and O–H groups in total. The summed E-state index contributed by atoms with van der Waals surface area (Å²) >= 11 is 0. The summed E-state index contributed by atoms with van der Waals surface area (Å²) in [7, 11) is 0. The quantitative estimate of drug-likeness (QED) is 0.398. The Morgan fingerprint density at radius 2 is 1.73 bits per heavy atom. The molecule has 30 heavy (non-hydrogen) atoms. The molecule has 10 heteroatoms. The first-order chi connectivity index (χ1) is 14.0. The highest BCUT2D eigenvalue weighted by molar-refractivity contribution is 6.06. The number of benzene rings is 2. The molecule has 0 aliphatic carbocycles. The number of anilines is 2. The van der Waals surface area contributed by atoms with E-state index >= 15 is 0 Å². The summed E-state index contributed by atoms with van der Waals surface area (Å²) in [6.45, 7) is 1.52. The number of carbonyl (C=O) groups excluding carboxylic acids is 1. The van der Waals surface area contributed by atoms with E-state index in [9.17, 15) is 31.1 Å². The largest absolute Gasteiger partial charge is 0.462 e. The van der Waals surface area contributed by atoms with Gasteiger partial charge in [0.05, 0.1) is 28.9 Å². The number of hydrogen-bond donors (Lipinski definition) is 1. The average Bonchev–Trinajstić information content (AvgIpc) is 2.66. The third-order valence-electron chi connectivity index (χ3n) is 4.16. The van der Waals surface area contributed by atoms with Crippen LogP contribution in [0.25, 0.3) is 10.9 Å². The van der Waals surface area contributed by atoms with Crippen molar-refractivity contribution in [2.45, 2.75) is 19.3 Å². The van der Waals surface area contributed by atoms with E-state index in [-0.39, 0.29) is 28.9 Å². The predicted molar refractivity (Wildman–Crippen MR) is 97.4 cm³/mol. The van der Waals surface area contributed by atoms with E-state index in [0.717, 1.165) is 36.5 Å². The second-order valence-electron chi connectivity index (χ2n) is 6.17. The number of esters is 1. The lowest BCUT2D eigenvalue weighted by Gasteiger charge is -2.17. The monoisotopic (exact) mass is 428 g/mol. The van der Waals surface area contributed by atoms with Gasteiger partial charge in [0.2, 0.25) is 0 Å². The molecule has 0 aliphatic rings. The van der Waals surface area contributed by atoms with Gasteiger partial charge in [-0.1, -0.05) is 18.2 Å². The number of carbonyl (C=O) groups is 1. The van der Waals surface area contributed by atoms with Crippen molar-refractivity contribution in [2.75, 3.05) is 11.9 Å². The number of alkyl halides is 6. The van der Waals surface area contributed by atoms with Crippen LogP contribution in [-0.2, 0) is 17.1 Å². The number of para-hydroxylation sites is 1. The maximum absolute atomic E-state index is 13.4. The normalized spacial score (nSPS) is 12.1. The van der Waals surface area contributed by atoms with Crippen LogP contribution >= 0.6 is 0 Å². The first kappa shape index (κ1) is 21.4. The van der Waals surface area contributed by atoms with Crippen molar-refractivity contribution in [3.63, 3.8) is 0 Å². The van der Waals surface area contributed by atoms with E-state index < -0.39 is 35.0 Å². The van der Waals surface area contributed by atoms with Crippen LogP contribution in [0.15, 0.2) is 48.7 Å². The summed E-state index contributed by atoms with van der Waals surface area (Å²) in [6, 6.07) is 7.31. The molecule has 0 atom stereocenters. The Bertz CT molecular complexity index is 1090. The molecule has 4 nitrogen and oxygen atoms in total. The van der Waals surface area contributed by atoms with Crippen LogP contribution in [0.5, 0.6) is 0 Å². The fourth-order valence-corrected chi connectivity index (χ4v) is 2.87. The maximum atomic E-state index is 13.4. The molecule has 158 valence electrons. The Hall–Kier alpha value is -3.30. The fourth-order valence-electron chi connectivity index (χ4n) is 2.87. The van der Waals surface area contributed by atoms with Crippen LogP contribution in [0.4, 0.5) is 37.7 Å². The van der Waals surface area contributed by atoms with Gasteiger partial charge in [0.25, 0.3) is 0 Å². The van der Waals surface area contributed by atoms with Crippen molar-refractivity contribution in [2.24, 2.45) is 0 Å². The Kier molecular flexibility index (Phi) is 5.60. The van der Waals surface area contributed by atoms with Crippen molar-refractivity contribution >= 4 is 28.2 Å². The number of rotatable bonds is 4. The molecule has 3 rings (SSSR count). The van der Waals surface area contributed by atoms with Gasteiger partial charge in [-0.05, 0) is 31.2 Å². The zero-order valence-electron chi connectivity index (χ0n) is 15.4. The third kappa shape index (κ3) is 4.32. The van der Waals surface area contributed by atoms with Crippen molar-refractivity contribution in [1.82, 2.24) is 4.98 Å². The van der Waals surface area contributed by atoms with Crippen LogP contribution < -0.4 is 5.32 Å².